The van der Waals surface area contributed by atoms with Gasteiger partial charge < -0.3 is 5.32 Å². The van der Waals surface area contributed by atoms with Crippen molar-refractivity contribution in [2.24, 2.45) is 0 Å². The molecule has 1 aromatic carbocycles. The topological polar surface area (TPSA) is 12.0 Å². The predicted molar refractivity (Wildman–Crippen MR) is 63.0 cm³/mol. The molecular weight excluding hydrogens is 246 g/mol. The lowest BCUT2D eigenvalue weighted by atomic mass is 9.95. The summed E-state index contributed by atoms with van der Waals surface area (Å²) in [4.78, 5) is 0. The van der Waals surface area contributed by atoms with Gasteiger partial charge in [0.15, 0.2) is 0 Å². The second kappa shape index (κ2) is 5.69. The molecule has 1 N–H and O–H groups in total. The van der Waals surface area contributed by atoms with E-state index in [0.717, 1.165) is 12.1 Å². The summed E-state index contributed by atoms with van der Waals surface area (Å²) < 4.78 is 52.2. The molecule has 1 aromatic rings. The van der Waals surface area contributed by atoms with Crippen molar-refractivity contribution in [1.82, 2.24) is 5.32 Å². The van der Waals surface area contributed by atoms with Crippen LogP contribution in [0.25, 0.3) is 0 Å². The van der Waals surface area contributed by atoms with Crippen LogP contribution in [0, 0.1) is 19.7 Å². The average molecular weight is 263 g/mol. The van der Waals surface area contributed by atoms with E-state index in [0.29, 0.717) is 17.5 Å². The minimum Gasteiger partial charge on any atom is -0.302 e. The van der Waals surface area contributed by atoms with E-state index in [-0.39, 0.29) is 12.1 Å². The Morgan fingerprint density at radius 2 is 1.67 bits per heavy atom. The van der Waals surface area contributed by atoms with Crippen LogP contribution < -0.4 is 5.32 Å². The van der Waals surface area contributed by atoms with Crippen molar-refractivity contribution in [3.63, 3.8) is 0 Å². The Morgan fingerprint density at radius 3 is 2.06 bits per heavy atom. The van der Waals surface area contributed by atoms with Crippen molar-refractivity contribution >= 4 is 0 Å². The number of rotatable bonds is 4. The van der Waals surface area contributed by atoms with E-state index in [1.807, 2.05) is 0 Å². The van der Waals surface area contributed by atoms with E-state index in [1.54, 1.807) is 6.92 Å². The van der Waals surface area contributed by atoms with E-state index < -0.39 is 18.0 Å². The van der Waals surface area contributed by atoms with Crippen molar-refractivity contribution < 1.29 is 17.6 Å². The normalized spacial score (nSPS) is 13.7. The summed E-state index contributed by atoms with van der Waals surface area (Å²) in [7, 11) is 0. The maximum Gasteiger partial charge on any atom is 0.407 e. The standard InChI is InChI=1S/C13H17F4N/c1-4-5-18-12(13(15,16)17)11-8(2)6-10(14)7-9(11)3/h6-7,12,18H,4-5H2,1-3H3. The highest BCUT2D eigenvalue weighted by Gasteiger charge is 2.41. The molecule has 102 valence electrons. The van der Waals surface area contributed by atoms with Gasteiger partial charge >= 0.3 is 6.18 Å². The molecule has 0 aromatic heterocycles. The second-order valence-electron chi connectivity index (χ2n) is 4.38. The fraction of sp³-hybridized carbons (Fsp3) is 0.538. The minimum atomic E-state index is -4.39. The lowest BCUT2D eigenvalue weighted by molar-refractivity contribution is -0.157. The maximum atomic E-state index is 13.1. The molecule has 1 unspecified atom stereocenters. The third-order valence-corrected chi connectivity index (χ3v) is 2.77. The van der Waals surface area contributed by atoms with Gasteiger partial charge in [0, 0.05) is 0 Å². The van der Waals surface area contributed by atoms with Gasteiger partial charge in [-0.05, 0) is 55.6 Å². The van der Waals surface area contributed by atoms with Crippen LogP contribution in [0.2, 0.25) is 0 Å². The summed E-state index contributed by atoms with van der Waals surface area (Å²) in [5, 5.41) is 2.48. The van der Waals surface area contributed by atoms with Gasteiger partial charge in [0.25, 0.3) is 0 Å². The largest absolute Gasteiger partial charge is 0.407 e. The van der Waals surface area contributed by atoms with Gasteiger partial charge in [0.2, 0.25) is 0 Å². The van der Waals surface area contributed by atoms with Gasteiger partial charge in [0.05, 0.1) is 0 Å². The molecule has 0 amide bonds. The Morgan fingerprint density at radius 1 is 1.17 bits per heavy atom. The Kier molecular flexibility index (Phi) is 4.73. The van der Waals surface area contributed by atoms with Crippen LogP contribution in [0.3, 0.4) is 0 Å². The Balaban J connectivity index is 3.21. The number of benzene rings is 1. The molecule has 1 nitrogen and oxygen atoms in total. The second-order valence-corrected chi connectivity index (χ2v) is 4.38. The van der Waals surface area contributed by atoms with Gasteiger partial charge in [-0.15, -0.1) is 0 Å². The van der Waals surface area contributed by atoms with Crippen LogP contribution in [0.15, 0.2) is 12.1 Å². The van der Waals surface area contributed by atoms with Crippen molar-refractivity contribution in [2.45, 2.75) is 39.4 Å². The first-order chi connectivity index (χ1) is 8.27. The van der Waals surface area contributed by atoms with E-state index >= 15 is 0 Å². The Labute approximate surface area is 104 Å². The number of aryl methyl sites for hydroxylation is 2. The number of alkyl halides is 3. The monoisotopic (exact) mass is 263 g/mol. The molecule has 0 saturated carbocycles. The first kappa shape index (κ1) is 15.0. The van der Waals surface area contributed by atoms with Crippen LogP contribution in [0.4, 0.5) is 17.6 Å². The van der Waals surface area contributed by atoms with Crippen molar-refractivity contribution in [1.29, 1.82) is 0 Å². The number of hydrogen-bond donors (Lipinski definition) is 1. The smallest absolute Gasteiger partial charge is 0.302 e. The number of nitrogens with one attached hydrogen (secondary N) is 1. The van der Waals surface area contributed by atoms with Gasteiger partial charge in [-0.1, -0.05) is 6.92 Å². The van der Waals surface area contributed by atoms with Gasteiger partial charge in [-0.2, -0.15) is 13.2 Å². The summed E-state index contributed by atoms with van der Waals surface area (Å²) in [5.74, 6) is -0.509. The van der Waals surface area contributed by atoms with Crippen LogP contribution in [-0.4, -0.2) is 12.7 Å². The average Bonchev–Trinajstić information content (AvgIpc) is 2.19. The van der Waals surface area contributed by atoms with Gasteiger partial charge in [0.1, 0.15) is 11.9 Å². The highest BCUT2D eigenvalue weighted by molar-refractivity contribution is 5.37. The fourth-order valence-corrected chi connectivity index (χ4v) is 2.05. The van der Waals surface area contributed by atoms with Crippen molar-refractivity contribution in [2.75, 3.05) is 6.54 Å². The third-order valence-electron chi connectivity index (χ3n) is 2.77. The quantitative estimate of drug-likeness (QED) is 0.808. The lowest BCUT2D eigenvalue weighted by Crippen LogP contribution is -2.35. The molecule has 0 saturated heterocycles. The number of halogens is 4. The molecule has 5 heteroatoms. The molecule has 0 aliphatic rings. The van der Waals surface area contributed by atoms with E-state index in [2.05, 4.69) is 5.32 Å². The van der Waals surface area contributed by atoms with Crippen LogP contribution in [0.1, 0.15) is 36.1 Å². The summed E-state index contributed by atoms with van der Waals surface area (Å²) in [6, 6.07) is 0.529. The minimum absolute atomic E-state index is 0.123. The SMILES string of the molecule is CCCNC(c1c(C)cc(F)cc1C)C(F)(F)F. The van der Waals surface area contributed by atoms with E-state index in [1.165, 1.54) is 13.8 Å². The molecule has 0 bridgehead atoms. The first-order valence-corrected chi connectivity index (χ1v) is 5.84. The summed E-state index contributed by atoms with van der Waals surface area (Å²) in [5.41, 5.74) is 0.759. The van der Waals surface area contributed by atoms with E-state index in [4.69, 9.17) is 0 Å². The van der Waals surface area contributed by atoms with Crippen LogP contribution in [0.5, 0.6) is 0 Å². The molecule has 1 atom stereocenters. The molecule has 0 fully saturated rings. The predicted octanol–water partition coefficient (Wildman–Crippen LogP) is 4.05. The summed E-state index contributed by atoms with van der Waals surface area (Å²) >= 11 is 0. The zero-order valence-electron chi connectivity index (χ0n) is 10.7. The molecular formula is C13H17F4N. The van der Waals surface area contributed by atoms with Crippen LogP contribution in [-0.2, 0) is 0 Å². The third kappa shape index (κ3) is 3.45. The molecule has 0 radical (unpaired) electrons. The summed E-state index contributed by atoms with van der Waals surface area (Å²) in [6.45, 7) is 5.06. The zero-order chi connectivity index (χ0) is 13.9. The molecule has 18 heavy (non-hydrogen) atoms. The van der Waals surface area contributed by atoms with Gasteiger partial charge in [-0.3, -0.25) is 0 Å². The highest BCUT2D eigenvalue weighted by Crippen LogP contribution is 2.36. The van der Waals surface area contributed by atoms with Crippen LogP contribution >= 0.6 is 0 Å². The number of hydrogen-bond acceptors (Lipinski definition) is 1. The van der Waals surface area contributed by atoms with E-state index in [9.17, 15) is 17.6 Å². The molecule has 1 rings (SSSR count). The fourth-order valence-electron chi connectivity index (χ4n) is 2.05. The molecule has 0 spiro atoms. The highest BCUT2D eigenvalue weighted by atomic mass is 19.4. The Bertz CT molecular complexity index is 389. The van der Waals surface area contributed by atoms with Gasteiger partial charge in [-0.25, -0.2) is 4.39 Å². The molecule has 0 aliphatic heterocycles. The maximum absolute atomic E-state index is 13.1. The van der Waals surface area contributed by atoms with Crippen molar-refractivity contribution in [3.8, 4) is 0 Å². The van der Waals surface area contributed by atoms with Crippen molar-refractivity contribution in [3.05, 3.63) is 34.6 Å². The zero-order valence-corrected chi connectivity index (χ0v) is 10.7. The Hall–Kier alpha value is -1.10. The summed E-state index contributed by atoms with van der Waals surface area (Å²) in [6.07, 6.45) is -3.78. The molecule has 0 heterocycles. The lowest BCUT2D eigenvalue weighted by Gasteiger charge is -2.25. The molecule has 0 aliphatic carbocycles. The first-order valence-electron chi connectivity index (χ1n) is 5.84.